The second-order valence-corrected chi connectivity index (χ2v) is 4.92. The summed E-state index contributed by atoms with van der Waals surface area (Å²) in [5.74, 6) is -1.95. The van der Waals surface area contributed by atoms with E-state index in [9.17, 15) is 14.4 Å². The van der Waals surface area contributed by atoms with Crippen molar-refractivity contribution < 1.29 is 19.5 Å². The van der Waals surface area contributed by atoms with Gasteiger partial charge >= 0.3 is 5.97 Å². The Morgan fingerprint density at radius 1 is 1.48 bits per heavy atom. The summed E-state index contributed by atoms with van der Waals surface area (Å²) < 4.78 is 0. The third kappa shape index (κ3) is 2.96. The van der Waals surface area contributed by atoms with Crippen LogP contribution in [0.25, 0.3) is 0 Å². The van der Waals surface area contributed by atoms with Crippen molar-refractivity contribution in [2.24, 2.45) is 0 Å². The van der Waals surface area contributed by atoms with Crippen LogP contribution in [0.2, 0.25) is 0 Å². The van der Waals surface area contributed by atoms with Gasteiger partial charge in [0.1, 0.15) is 6.04 Å². The van der Waals surface area contributed by atoms with Gasteiger partial charge in [0, 0.05) is 24.3 Å². The van der Waals surface area contributed by atoms with Crippen molar-refractivity contribution in [3.63, 3.8) is 0 Å². The van der Waals surface area contributed by atoms with E-state index in [0.717, 1.165) is 0 Å². The minimum atomic E-state index is -1.13. The van der Waals surface area contributed by atoms with Crippen LogP contribution in [0.15, 0.2) is 18.2 Å². The fourth-order valence-corrected chi connectivity index (χ4v) is 2.37. The van der Waals surface area contributed by atoms with Crippen molar-refractivity contribution >= 4 is 23.5 Å². The molecular formula is C14H17N3O4. The quantitative estimate of drug-likeness (QED) is 0.678. The first-order valence-corrected chi connectivity index (χ1v) is 6.57. The fraction of sp³-hybridized carbons (Fsp3) is 0.357. The van der Waals surface area contributed by atoms with E-state index in [1.807, 2.05) is 0 Å². The standard InChI is InChI=1S/C14H17N3O4/c1-8-9(3-2-4-10(8)15)14(21)17-6-5-16-13(20)11(17)7-12(18)19/h2-4,11H,5-7,15H2,1H3,(H,16,20)(H,18,19). The lowest BCUT2D eigenvalue weighted by molar-refractivity contribution is -0.142. The Balaban J connectivity index is 2.32. The van der Waals surface area contributed by atoms with Gasteiger partial charge < -0.3 is 21.1 Å². The maximum absolute atomic E-state index is 12.6. The molecular weight excluding hydrogens is 274 g/mol. The number of carboxylic acid groups (broad SMARTS) is 1. The average Bonchev–Trinajstić information content (AvgIpc) is 2.43. The van der Waals surface area contributed by atoms with E-state index in [-0.39, 0.29) is 12.5 Å². The lowest BCUT2D eigenvalue weighted by atomic mass is 10.0. The number of anilines is 1. The van der Waals surface area contributed by atoms with Gasteiger partial charge in [-0.25, -0.2) is 0 Å². The number of carboxylic acids is 1. The Bertz CT molecular complexity index is 600. The van der Waals surface area contributed by atoms with Crippen LogP contribution in [-0.2, 0) is 9.59 Å². The first-order chi connectivity index (χ1) is 9.91. The number of amides is 2. The molecule has 1 aromatic rings. The number of hydrogen-bond acceptors (Lipinski definition) is 4. The van der Waals surface area contributed by atoms with Gasteiger partial charge in [0.25, 0.3) is 5.91 Å². The molecule has 1 aliphatic heterocycles. The maximum atomic E-state index is 12.6. The monoisotopic (exact) mass is 291 g/mol. The van der Waals surface area contributed by atoms with Gasteiger partial charge in [-0.3, -0.25) is 14.4 Å². The molecule has 112 valence electrons. The number of carbonyl (C=O) groups is 3. The number of aliphatic carboxylic acids is 1. The van der Waals surface area contributed by atoms with E-state index in [0.29, 0.717) is 23.4 Å². The Morgan fingerprint density at radius 3 is 2.86 bits per heavy atom. The molecule has 0 aliphatic carbocycles. The highest BCUT2D eigenvalue weighted by atomic mass is 16.4. The molecule has 0 saturated carbocycles. The Kier molecular flexibility index (Phi) is 4.11. The van der Waals surface area contributed by atoms with Gasteiger partial charge in [-0.05, 0) is 24.6 Å². The van der Waals surface area contributed by atoms with Crippen LogP contribution in [-0.4, -0.2) is 46.9 Å². The van der Waals surface area contributed by atoms with Crippen LogP contribution >= 0.6 is 0 Å². The van der Waals surface area contributed by atoms with Crippen LogP contribution in [0.5, 0.6) is 0 Å². The second kappa shape index (κ2) is 5.82. The number of nitrogens with one attached hydrogen (secondary N) is 1. The largest absolute Gasteiger partial charge is 0.481 e. The first-order valence-electron chi connectivity index (χ1n) is 6.57. The van der Waals surface area contributed by atoms with Gasteiger partial charge in [0.15, 0.2) is 0 Å². The summed E-state index contributed by atoms with van der Waals surface area (Å²) in [6, 6.07) is 3.97. The summed E-state index contributed by atoms with van der Waals surface area (Å²) in [6.07, 6.45) is -0.418. The zero-order chi connectivity index (χ0) is 15.6. The number of hydrogen-bond donors (Lipinski definition) is 3. The molecule has 4 N–H and O–H groups in total. The molecule has 0 aromatic heterocycles. The van der Waals surface area contributed by atoms with Gasteiger partial charge in [-0.2, -0.15) is 0 Å². The molecule has 7 heteroatoms. The third-order valence-electron chi connectivity index (χ3n) is 3.57. The van der Waals surface area contributed by atoms with E-state index in [4.69, 9.17) is 10.8 Å². The predicted octanol–water partition coefficient (Wildman–Crippen LogP) is -0.00748. The van der Waals surface area contributed by atoms with Crippen molar-refractivity contribution in [3.05, 3.63) is 29.3 Å². The number of carbonyl (C=O) groups excluding carboxylic acids is 2. The van der Waals surface area contributed by atoms with E-state index in [1.165, 1.54) is 4.90 Å². The van der Waals surface area contributed by atoms with E-state index in [1.54, 1.807) is 25.1 Å². The summed E-state index contributed by atoms with van der Waals surface area (Å²) in [6.45, 7) is 2.30. The van der Waals surface area contributed by atoms with Crippen molar-refractivity contribution in [1.29, 1.82) is 0 Å². The molecule has 1 atom stereocenters. The molecule has 0 bridgehead atoms. The van der Waals surface area contributed by atoms with Crippen LogP contribution < -0.4 is 11.1 Å². The van der Waals surface area contributed by atoms with Crippen LogP contribution in [0, 0.1) is 6.92 Å². The van der Waals surface area contributed by atoms with Crippen LogP contribution in [0.1, 0.15) is 22.3 Å². The van der Waals surface area contributed by atoms with Crippen LogP contribution in [0.3, 0.4) is 0 Å². The predicted molar refractivity (Wildman–Crippen MR) is 75.7 cm³/mol. The smallest absolute Gasteiger partial charge is 0.305 e. The summed E-state index contributed by atoms with van der Waals surface area (Å²) in [4.78, 5) is 36.6. The molecule has 1 fully saturated rings. The molecule has 21 heavy (non-hydrogen) atoms. The number of nitrogens with zero attached hydrogens (tertiary/aromatic N) is 1. The zero-order valence-corrected chi connectivity index (χ0v) is 11.6. The Hall–Kier alpha value is -2.57. The fourth-order valence-electron chi connectivity index (χ4n) is 2.37. The summed E-state index contributed by atoms with van der Waals surface area (Å²) in [5, 5.41) is 11.5. The number of rotatable bonds is 3. The lowest BCUT2D eigenvalue weighted by Crippen LogP contribution is -2.57. The van der Waals surface area contributed by atoms with Crippen LogP contribution in [0.4, 0.5) is 5.69 Å². The summed E-state index contributed by atoms with van der Waals surface area (Å²) in [5.41, 5.74) is 7.29. The van der Waals surface area contributed by atoms with Gasteiger partial charge in [0.2, 0.25) is 5.91 Å². The normalized spacial score (nSPS) is 18.2. The molecule has 1 aromatic carbocycles. The molecule has 1 aliphatic rings. The molecule has 1 unspecified atom stereocenters. The average molecular weight is 291 g/mol. The summed E-state index contributed by atoms with van der Waals surface area (Å²) in [7, 11) is 0. The molecule has 1 heterocycles. The number of piperazine rings is 1. The highest BCUT2D eigenvalue weighted by Gasteiger charge is 2.35. The number of benzene rings is 1. The van der Waals surface area contributed by atoms with Crippen molar-refractivity contribution in [2.75, 3.05) is 18.8 Å². The van der Waals surface area contributed by atoms with Gasteiger partial charge in [0.05, 0.1) is 6.42 Å². The minimum absolute atomic E-state index is 0.275. The highest BCUT2D eigenvalue weighted by molar-refractivity contribution is 6.00. The minimum Gasteiger partial charge on any atom is -0.481 e. The lowest BCUT2D eigenvalue weighted by Gasteiger charge is -2.34. The topological polar surface area (TPSA) is 113 Å². The van der Waals surface area contributed by atoms with E-state index in [2.05, 4.69) is 5.32 Å². The Morgan fingerprint density at radius 2 is 2.19 bits per heavy atom. The number of nitrogens with two attached hydrogens (primary N) is 1. The SMILES string of the molecule is Cc1c(N)cccc1C(=O)N1CCNC(=O)C1CC(=O)O. The number of nitrogen functional groups attached to an aromatic ring is 1. The highest BCUT2D eigenvalue weighted by Crippen LogP contribution is 2.20. The molecule has 0 spiro atoms. The third-order valence-corrected chi connectivity index (χ3v) is 3.57. The van der Waals surface area contributed by atoms with Gasteiger partial charge in [-0.1, -0.05) is 6.07 Å². The molecule has 1 saturated heterocycles. The molecule has 7 nitrogen and oxygen atoms in total. The first kappa shape index (κ1) is 14.8. The zero-order valence-electron chi connectivity index (χ0n) is 11.6. The molecule has 2 rings (SSSR count). The van der Waals surface area contributed by atoms with E-state index >= 15 is 0 Å². The second-order valence-electron chi connectivity index (χ2n) is 4.92. The summed E-state index contributed by atoms with van der Waals surface area (Å²) >= 11 is 0. The Labute approximate surface area is 121 Å². The van der Waals surface area contributed by atoms with Crippen molar-refractivity contribution in [1.82, 2.24) is 10.2 Å². The molecule has 0 radical (unpaired) electrons. The molecule has 2 amide bonds. The van der Waals surface area contributed by atoms with Crippen molar-refractivity contribution in [3.8, 4) is 0 Å². The van der Waals surface area contributed by atoms with Crippen molar-refractivity contribution in [2.45, 2.75) is 19.4 Å². The maximum Gasteiger partial charge on any atom is 0.305 e. The van der Waals surface area contributed by atoms with E-state index < -0.39 is 24.3 Å². The van der Waals surface area contributed by atoms with Gasteiger partial charge in [-0.15, -0.1) is 0 Å².